The molecule has 0 heterocycles. The summed E-state index contributed by atoms with van der Waals surface area (Å²) in [6.07, 6.45) is 0. The van der Waals surface area contributed by atoms with Crippen molar-refractivity contribution in [1.82, 2.24) is 0 Å². The zero-order chi connectivity index (χ0) is 23.6. The second-order valence-electron chi connectivity index (χ2n) is 7.66. The molecule has 0 aliphatic carbocycles. The number of nitro benzene ring substituents is 1. The van der Waals surface area contributed by atoms with Gasteiger partial charge in [0.05, 0.1) is 23.2 Å². The van der Waals surface area contributed by atoms with Crippen LogP contribution in [0.4, 0.5) is 10.1 Å². The van der Waals surface area contributed by atoms with E-state index in [1.807, 2.05) is 66.7 Å². The van der Waals surface area contributed by atoms with Crippen molar-refractivity contribution in [2.45, 2.75) is 0 Å². The fourth-order valence-corrected chi connectivity index (χ4v) is 7.57. The van der Waals surface area contributed by atoms with Crippen LogP contribution in [0.1, 0.15) is 10.4 Å². The van der Waals surface area contributed by atoms with Crippen LogP contribution in [-0.2, 0) is 0 Å². The molecule has 0 radical (unpaired) electrons. The van der Waals surface area contributed by atoms with Gasteiger partial charge in [0.25, 0.3) is 11.6 Å². The fourth-order valence-electron chi connectivity index (χ4n) is 4.11. The Labute approximate surface area is 191 Å². The third-order valence-electron chi connectivity index (χ3n) is 5.77. The van der Waals surface area contributed by atoms with Gasteiger partial charge in [-0.25, -0.2) is 4.39 Å². The van der Waals surface area contributed by atoms with E-state index in [9.17, 15) is 19.3 Å². The molecule has 2 N–H and O–H groups in total. The Morgan fingerprint density at radius 1 is 0.848 bits per heavy atom. The van der Waals surface area contributed by atoms with Gasteiger partial charge < -0.3 is 5.73 Å². The summed E-state index contributed by atoms with van der Waals surface area (Å²) in [5.41, 5.74) is 6.13. The van der Waals surface area contributed by atoms with E-state index >= 15 is 0 Å². The van der Waals surface area contributed by atoms with Crippen LogP contribution in [0.5, 0.6) is 0 Å². The normalized spacial score (nSPS) is 11.2. The fraction of sp³-hybridized carbons (Fsp3) is 0.0385. The molecule has 7 heteroatoms. The number of benzene rings is 4. The van der Waals surface area contributed by atoms with Crippen LogP contribution in [0.3, 0.4) is 0 Å². The van der Waals surface area contributed by atoms with Gasteiger partial charge in [0, 0.05) is 17.2 Å². The number of carbonyl (C=O) groups is 1. The first kappa shape index (κ1) is 22.3. The monoisotopic (exact) mass is 459 g/mol. The summed E-state index contributed by atoms with van der Waals surface area (Å²) in [4.78, 5) is 23.2. The Kier molecular flexibility index (Phi) is 6.03. The van der Waals surface area contributed by atoms with E-state index < -0.39 is 23.9 Å². The minimum atomic E-state index is -2.34. The summed E-state index contributed by atoms with van der Waals surface area (Å²) in [6.45, 7) is 2.11. The maximum atomic E-state index is 15.0. The molecule has 5 nitrogen and oxygen atoms in total. The van der Waals surface area contributed by atoms with E-state index in [1.165, 1.54) is 12.1 Å². The van der Waals surface area contributed by atoms with Crippen LogP contribution in [0.15, 0.2) is 97.1 Å². The van der Waals surface area contributed by atoms with Gasteiger partial charge in [-0.2, -0.15) is 0 Å². The predicted octanol–water partition coefficient (Wildman–Crippen LogP) is 4.42. The summed E-state index contributed by atoms with van der Waals surface area (Å²) < 4.78 is 15.0. The second-order valence-corrected chi connectivity index (χ2v) is 11.2. The average molecular weight is 459 g/mol. The molecule has 0 aliphatic rings. The second kappa shape index (κ2) is 8.93. The zero-order valence-electron chi connectivity index (χ0n) is 17.8. The lowest BCUT2D eigenvalue weighted by Crippen LogP contribution is -2.35. The van der Waals surface area contributed by atoms with Crippen molar-refractivity contribution in [3.63, 3.8) is 0 Å². The standard InChI is InChI=1S/C26H20FN2O3P/c1-33(19-9-4-2-5-10-19,20-11-6-3-7-12-20)24-14-8-13-22(25(24)26(28)30)21-16-15-18(29(31)32)17-23(21)27/h2-17H,1H3,(H-,28,30)/p+1. The van der Waals surface area contributed by atoms with E-state index in [0.717, 1.165) is 22.0 Å². The molecular formula is C26H21FN2O3P+. The van der Waals surface area contributed by atoms with Crippen molar-refractivity contribution in [3.8, 4) is 11.1 Å². The molecule has 0 bridgehead atoms. The first-order valence-corrected chi connectivity index (χ1v) is 12.4. The highest BCUT2D eigenvalue weighted by Gasteiger charge is 2.43. The van der Waals surface area contributed by atoms with Gasteiger partial charge in [-0.1, -0.05) is 48.5 Å². The Hall–Kier alpha value is -3.89. The molecule has 0 saturated heterocycles. The van der Waals surface area contributed by atoms with Crippen LogP contribution >= 0.6 is 7.26 Å². The number of nitrogens with two attached hydrogens (primary N) is 1. The maximum Gasteiger partial charge on any atom is 0.272 e. The molecule has 33 heavy (non-hydrogen) atoms. The smallest absolute Gasteiger partial charge is 0.272 e. The quantitative estimate of drug-likeness (QED) is 0.263. The van der Waals surface area contributed by atoms with Crippen molar-refractivity contribution in [3.05, 3.63) is 119 Å². The van der Waals surface area contributed by atoms with Crippen LogP contribution in [0.25, 0.3) is 11.1 Å². The Bertz CT molecular complexity index is 1310. The highest BCUT2D eigenvalue weighted by Crippen LogP contribution is 2.53. The molecule has 1 amide bonds. The van der Waals surface area contributed by atoms with E-state index in [0.29, 0.717) is 5.56 Å². The third kappa shape index (κ3) is 4.01. The molecule has 164 valence electrons. The molecule has 0 spiro atoms. The molecule has 4 rings (SSSR count). The minimum Gasteiger partial charge on any atom is -0.365 e. The highest BCUT2D eigenvalue weighted by atomic mass is 31.2. The van der Waals surface area contributed by atoms with Gasteiger partial charge in [0.15, 0.2) is 0 Å². The number of hydrogen-bond donors (Lipinski definition) is 1. The molecule has 0 atom stereocenters. The zero-order valence-corrected chi connectivity index (χ0v) is 18.7. The molecule has 0 unspecified atom stereocenters. The molecular weight excluding hydrogens is 438 g/mol. The van der Waals surface area contributed by atoms with E-state index in [-0.39, 0.29) is 16.8 Å². The van der Waals surface area contributed by atoms with Gasteiger partial charge in [0.2, 0.25) is 0 Å². The number of nitrogens with zero attached hydrogens (tertiary/aromatic N) is 1. The minimum absolute atomic E-state index is 0.0870. The number of rotatable bonds is 6. The summed E-state index contributed by atoms with van der Waals surface area (Å²) >= 11 is 0. The number of nitro groups is 1. The highest BCUT2D eigenvalue weighted by molar-refractivity contribution is 7.95. The Morgan fingerprint density at radius 3 is 1.91 bits per heavy atom. The van der Waals surface area contributed by atoms with Gasteiger partial charge in [-0.15, -0.1) is 0 Å². The summed E-state index contributed by atoms with van der Waals surface area (Å²) in [7, 11) is -2.34. The summed E-state index contributed by atoms with van der Waals surface area (Å²) in [6, 6.07) is 28.4. The van der Waals surface area contributed by atoms with Crippen molar-refractivity contribution >= 4 is 34.8 Å². The number of halogens is 1. The first-order chi connectivity index (χ1) is 15.8. The number of primary amides is 1. The molecule has 0 aromatic heterocycles. The topological polar surface area (TPSA) is 86.2 Å². The number of non-ortho nitro benzene ring substituents is 1. The molecule has 4 aromatic rings. The van der Waals surface area contributed by atoms with E-state index in [4.69, 9.17) is 5.73 Å². The first-order valence-electron chi connectivity index (χ1n) is 10.2. The number of hydrogen-bond acceptors (Lipinski definition) is 3. The lowest BCUT2D eigenvalue weighted by atomic mass is 9.98. The van der Waals surface area contributed by atoms with Crippen molar-refractivity contribution in [2.24, 2.45) is 5.73 Å². The van der Waals surface area contributed by atoms with Crippen LogP contribution in [-0.4, -0.2) is 17.5 Å². The van der Waals surface area contributed by atoms with Gasteiger partial charge >= 0.3 is 0 Å². The van der Waals surface area contributed by atoms with Gasteiger partial charge in [0.1, 0.15) is 29.0 Å². The SMILES string of the molecule is C[P+](c1ccccc1)(c1ccccc1)c1cccc(-c2ccc([N+](=O)[O-])cc2F)c1C(N)=O. The Morgan fingerprint density at radius 2 is 1.42 bits per heavy atom. The maximum absolute atomic E-state index is 15.0. The third-order valence-corrected chi connectivity index (χ3v) is 9.77. The largest absolute Gasteiger partial charge is 0.365 e. The van der Waals surface area contributed by atoms with Crippen LogP contribution in [0.2, 0.25) is 0 Å². The van der Waals surface area contributed by atoms with Crippen molar-refractivity contribution in [1.29, 1.82) is 0 Å². The van der Waals surface area contributed by atoms with Crippen molar-refractivity contribution in [2.75, 3.05) is 6.66 Å². The van der Waals surface area contributed by atoms with E-state index in [2.05, 4.69) is 6.66 Å². The lowest BCUT2D eigenvalue weighted by Gasteiger charge is -2.25. The molecule has 4 aromatic carbocycles. The van der Waals surface area contributed by atoms with Crippen molar-refractivity contribution < 1.29 is 14.1 Å². The summed E-state index contributed by atoms with van der Waals surface area (Å²) in [5, 5.41) is 13.9. The predicted molar refractivity (Wildman–Crippen MR) is 132 cm³/mol. The number of amides is 1. The van der Waals surface area contributed by atoms with Crippen LogP contribution in [0, 0.1) is 15.9 Å². The van der Waals surface area contributed by atoms with E-state index in [1.54, 1.807) is 12.1 Å². The van der Waals surface area contributed by atoms with Crippen LogP contribution < -0.4 is 21.6 Å². The molecule has 0 fully saturated rings. The van der Waals surface area contributed by atoms with Gasteiger partial charge in [-0.3, -0.25) is 14.9 Å². The average Bonchev–Trinajstić information content (AvgIpc) is 2.84. The molecule has 0 saturated carbocycles. The number of carbonyl (C=O) groups excluding carboxylic acids is 1. The molecule has 0 aliphatic heterocycles. The lowest BCUT2D eigenvalue weighted by molar-refractivity contribution is -0.385. The van der Waals surface area contributed by atoms with Gasteiger partial charge in [-0.05, 0) is 36.4 Å². The Balaban J connectivity index is 2.04. The summed E-state index contributed by atoms with van der Waals surface area (Å²) in [5.74, 6) is -1.47.